The van der Waals surface area contributed by atoms with Gasteiger partial charge < -0.3 is 19.8 Å². The van der Waals surface area contributed by atoms with Crippen LogP contribution in [0.1, 0.15) is 5.56 Å². The Hall–Kier alpha value is -3.02. The molecule has 1 heterocycles. The monoisotopic (exact) mass is 311 g/mol. The van der Waals surface area contributed by atoms with Crippen LogP contribution in [0.15, 0.2) is 42.7 Å². The quantitative estimate of drug-likeness (QED) is 0.759. The molecule has 6 heteroatoms. The van der Waals surface area contributed by atoms with Crippen molar-refractivity contribution in [3.8, 4) is 11.5 Å². The third kappa shape index (κ3) is 3.26. The van der Waals surface area contributed by atoms with Crippen molar-refractivity contribution in [1.29, 1.82) is 0 Å². The highest BCUT2D eigenvalue weighted by Gasteiger charge is 2.09. The number of aromatic nitrogens is 2. The van der Waals surface area contributed by atoms with E-state index < -0.39 is 0 Å². The van der Waals surface area contributed by atoms with Gasteiger partial charge in [-0.05, 0) is 29.8 Å². The second-order valence-corrected chi connectivity index (χ2v) is 5.05. The maximum absolute atomic E-state index is 12.2. The zero-order chi connectivity index (χ0) is 16.2. The maximum atomic E-state index is 12.2. The second-order valence-electron chi connectivity index (χ2n) is 5.05. The van der Waals surface area contributed by atoms with Crippen molar-refractivity contribution >= 4 is 22.6 Å². The lowest BCUT2D eigenvalue weighted by Gasteiger charge is -2.10. The van der Waals surface area contributed by atoms with E-state index >= 15 is 0 Å². The number of methoxy groups -OCH3 is 2. The molecule has 0 unspecified atom stereocenters. The van der Waals surface area contributed by atoms with Gasteiger partial charge in [-0.1, -0.05) is 6.07 Å². The molecule has 23 heavy (non-hydrogen) atoms. The van der Waals surface area contributed by atoms with Crippen LogP contribution in [0.5, 0.6) is 11.5 Å². The van der Waals surface area contributed by atoms with E-state index in [1.807, 2.05) is 18.2 Å². The van der Waals surface area contributed by atoms with Gasteiger partial charge in [0.2, 0.25) is 5.91 Å². The third-order valence-electron chi connectivity index (χ3n) is 3.52. The molecule has 6 nitrogen and oxygen atoms in total. The first-order chi connectivity index (χ1) is 11.2. The third-order valence-corrected chi connectivity index (χ3v) is 3.52. The summed E-state index contributed by atoms with van der Waals surface area (Å²) in [6, 6.07) is 11.0. The summed E-state index contributed by atoms with van der Waals surface area (Å²) in [7, 11) is 3.13. The molecule has 0 aliphatic carbocycles. The van der Waals surface area contributed by atoms with Gasteiger partial charge >= 0.3 is 0 Å². The average molecular weight is 311 g/mol. The first-order valence-corrected chi connectivity index (χ1v) is 7.13. The van der Waals surface area contributed by atoms with E-state index in [1.54, 1.807) is 38.7 Å². The van der Waals surface area contributed by atoms with Gasteiger partial charge in [0.25, 0.3) is 0 Å². The minimum Gasteiger partial charge on any atom is -0.493 e. The van der Waals surface area contributed by atoms with E-state index in [0.29, 0.717) is 17.2 Å². The normalized spacial score (nSPS) is 10.5. The number of fused-ring (bicyclic) bond motifs is 1. The fraction of sp³-hybridized carbons (Fsp3) is 0.176. The summed E-state index contributed by atoms with van der Waals surface area (Å²) >= 11 is 0. The van der Waals surface area contributed by atoms with Crippen LogP contribution in [0.2, 0.25) is 0 Å². The zero-order valence-electron chi connectivity index (χ0n) is 12.9. The fourth-order valence-electron chi connectivity index (χ4n) is 2.40. The molecule has 1 amide bonds. The maximum Gasteiger partial charge on any atom is 0.228 e. The minimum atomic E-state index is -0.101. The molecule has 2 N–H and O–H groups in total. The van der Waals surface area contributed by atoms with E-state index in [0.717, 1.165) is 16.6 Å². The Balaban J connectivity index is 1.71. The average Bonchev–Trinajstić information content (AvgIpc) is 3.02. The molecule has 0 saturated carbocycles. The van der Waals surface area contributed by atoms with Crippen molar-refractivity contribution in [2.75, 3.05) is 19.5 Å². The summed E-state index contributed by atoms with van der Waals surface area (Å²) < 4.78 is 10.4. The molecule has 0 saturated heterocycles. The van der Waals surface area contributed by atoms with Crippen LogP contribution in [0.25, 0.3) is 11.0 Å². The molecule has 3 aromatic rings. The second kappa shape index (κ2) is 6.39. The molecule has 118 valence electrons. The van der Waals surface area contributed by atoms with Crippen molar-refractivity contribution in [2.45, 2.75) is 6.42 Å². The number of H-pyrrole nitrogens is 1. The van der Waals surface area contributed by atoms with Crippen molar-refractivity contribution in [3.63, 3.8) is 0 Å². The van der Waals surface area contributed by atoms with Crippen LogP contribution in [0, 0.1) is 0 Å². The minimum absolute atomic E-state index is 0.101. The first kappa shape index (κ1) is 14.9. The summed E-state index contributed by atoms with van der Waals surface area (Å²) in [6.07, 6.45) is 1.92. The highest BCUT2D eigenvalue weighted by Crippen LogP contribution is 2.29. The number of ether oxygens (including phenoxy) is 2. The Morgan fingerprint density at radius 2 is 1.96 bits per heavy atom. The predicted molar refractivity (Wildman–Crippen MR) is 88.0 cm³/mol. The number of imidazole rings is 1. The van der Waals surface area contributed by atoms with Crippen LogP contribution in [0.4, 0.5) is 5.69 Å². The number of carbonyl (C=O) groups is 1. The lowest BCUT2D eigenvalue weighted by Crippen LogP contribution is -2.14. The van der Waals surface area contributed by atoms with E-state index in [1.165, 1.54) is 0 Å². The first-order valence-electron chi connectivity index (χ1n) is 7.13. The SMILES string of the molecule is COc1ccc(NC(=O)Cc2ccc3nc[nH]c3c2)cc1OC. The van der Waals surface area contributed by atoms with Crippen LogP contribution < -0.4 is 14.8 Å². The van der Waals surface area contributed by atoms with E-state index in [4.69, 9.17) is 9.47 Å². The van der Waals surface area contributed by atoms with Crippen molar-refractivity contribution in [1.82, 2.24) is 9.97 Å². The number of aromatic amines is 1. The van der Waals surface area contributed by atoms with Crippen molar-refractivity contribution in [3.05, 3.63) is 48.3 Å². The summed E-state index contributed by atoms with van der Waals surface area (Å²) in [6.45, 7) is 0. The Bertz CT molecular complexity index is 842. The molecule has 0 atom stereocenters. The molecule has 1 aromatic heterocycles. The Labute approximate surface area is 133 Å². The number of hydrogen-bond donors (Lipinski definition) is 2. The zero-order valence-corrected chi connectivity index (χ0v) is 12.9. The highest BCUT2D eigenvalue weighted by molar-refractivity contribution is 5.93. The van der Waals surface area contributed by atoms with E-state index in [-0.39, 0.29) is 12.3 Å². The number of benzene rings is 2. The summed E-state index contributed by atoms with van der Waals surface area (Å²) in [5, 5.41) is 2.86. The Kier molecular flexibility index (Phi) is 4.14. The largest absolute Gasteiger partial charge is 0.493 e. The van der Waals surface area contributed by atoms with Crippen molar-refractivity contribution < 1.29 is 14.3 Å². The number of hydrogen-bond acceptors (Lipinski definition) is 4. The lowest BCUT2D eigenvalue weighted by atomic mass is 10.1. The summed E-state index contributed by atoms with van der Waals surface area (Å²) in [5.41, 5.74) is 3.38. The lowest BCUT2D eigenvalue weighted by molar-refractivity contribution is -0.115. The number of amides is 1. The summed E-state index contributed by atoms with van der Waals surface area (Å²) in [5.74, 6) is 1.09. The molecule has 0 aliphatic rings. The van der Waals surface area contributed by atoms with Gasteiger partial charge in [0.15, 0.2) is 11.5 Å². The molecule has 3 rings (SSSR count). The van der Waals surface area contributed by atoms with Gasteiger partial charge in [-0.15, -0.1) is 0 Å². The molecular weight excluding hydrogens is 294 g/mol. The van der Waals surface area contributed by atoms with Gasteiger partial charge in [-0.25, -0.2) is 4.98 Å². The highest BCUT2D eigenvalue weighted by atomic mass is 16.5. The number of nitrogens with zero attached hydrogens (tertiary/aromatic N) is 1. The van der Waals surface area contributed by atoms with Gasteiger partial charge in [0, 0.05) is 11.8 Å². The van der Waals surface area contributed by atoms with Crippen LogP contribution >= 0.6 is 0 Å². The standard InChI is InChI=1S/C17H17N3O3/c1-22-15-6-4-12(9-16(15)23-2)20-17(21)8-11-3-5-13-14(7-11)19-10-18-13/h3-7,9-10H,8H2,1-2H3,(H,18,19)(H,20,21). The molecule has 2 aromatic carbocycles. The van der Waals surface area contributed by atoms with E-state index in [2.05, 4.69) is 15.3 Å². The number of rotatable bonds is 5. The number of carbonyl (C=O) groups excluding carboxylic acids is 1. The number of anilines is 1. The summed E-state index contributed by atoms with van der Waals surface area (Å²) in [4.78, 5) is 19.4. The molecule has 0 spiro atoms. The van der Waals surface area contributed by atoms with Gasteiger partial charge in [0.1, 0.15) is 0 Å². The molecule has 0 bridgehead atoms. The Morgan fingerprint density at radius 3 is 2.74 bits per heavy atom. The van der Waals surface area contributed by atoms with Gasteiger partial charge in [0.05, 0.1) is 38.0 Å². The predicted octanol–water partition coefficient (Wildman–Crippen LogP) is 2.76. The van der Waals surface area contributed by atoms with Crippen molar-refractivity contribution in [2.24, 2.45) is 0 Å². The topological polar surface area (TPSA) is 76.2 Å². The molecule has 0 aliphatic heterocycles. The van der Waals surface area contributed by atoms with Crippen LogP contribution in [0.3, 0.4) is 0 Å². The molecular formula is C17H17N3O3. The van der Waals surface area contributed by atoms with Gasteiger partial charge in [-0.2, -0.15) is 0 Å². The van der Waals surface area contributed by atoms with E-state index in [9.17, 15) is 4.79 Å². The number of nitrogens with one attached hydrogen (secondary N) is 2. The molecule has 0 fully saturated rings. The molecule has 0 radical (unpaired) electrons. The van der Waals surface area contributed by atoms with Gasteiger partial charge in [-0.3, -0.25) is 4.79 Å². The van der Waals surface area contributed by atoms with Crippen LogP contribution in [-0.2, 0) is 11.2 Å². The smallest absolute Gasteiger partial charge is 0.228 e. The Morgan fingerprint density at radius 1 is 1.13 bits per heavy atom. The van der Waals surface area contributed by atoms with Crippen LogP contribution in [-0.4, -0.2) is 30.1 Å². The fourth-order valence-corrected chi connectivity index (χ4v) is 2.40.